The number of nitrogens with one attached hydrogen (secondary N) is 2. The van der Waals surface area contributed by atoms with E-state index < -0.39 is 9.73 Å². The molecule has 1 aromatic carbocycles. The molecule has 1 unspecified atom stereocenters. The van der Waals surface area contributed by atoms with Crippen LogP contribution in [0, 0.1) is 23.0 Å². The lowest BCUT2D eigenvalue weighted by atomic mass is 10.00. The summed E-state index contributed by atoms with van der Waals surface area (Å²) in [7, 11) is -2.85. The zero-order valence-electron chi connectivity index (χ0n) is 15.3. The molecule has 2 heterocycles. The maximum Gasteiger partial charge on any atom is 0.280 e. The monoisotopic (exact) mass is 393 g/mol. The minimum absolute atomic E-state index is 0.0985. The number of rotatable bonds is 4. The Kier molecular flexibility index (Phi) is 4.40. The van der Waals surface area contributed by atoms with Crippen molar-refractivity contribution in [3.8, 4) is 23.0 Å². The fourth-order valence-corrected chi connectivity index (χ4v) is 5.20. The number of nitrogens with zero attached hydrogens (tertiary/aromatic N) is 3. The van der Waals surface area contributed by atoms with Gasteiger partial charge >= 0.3 is 0 Å². The first-order valence-electron chi connectivity index (χ1n) is 8.98. The molecule has 1 aliphatic rings. The van der Waals surface area contributed by atoms with Gasteiger partial charge in [-0.2, -0.15) is 5.26 Å². The predicted molar refractivity (Wildman–Crippen MR) is 106 cm³/mol. The second-order valence-electron chi connectivity index (χ2n) is 6.95. The van der Waals surface area contributed by atoms with Crippen LogP contribution >= 0.6 is 0 Å². The Balaban J connectivity index is 1.70. The van der Waals surface area contributed by atoms with Crippen molar-refractivity contribution in [2.75, 3.05) is 0 Å². The molecular weight excluding hydrogens is 374 g/mol. The Hall–Kier alpha value is -3.18. The van der Waals surface area contributed by atoms with Gasteiger partial charge in [0, 0.05) is 17.1 Å². The van der Waals surface area contributed by atoms with Crippen molar-refractivity contribution in [3.63, 3.8) is 0 Å². The van der Waals surface area contributed by atoms with Gasteiger partial charge in [0.15, 0.2) is 5.82 Å². The molecule has 0 aliphatic heterocycles. The fourth-order valence-electron chi connectivity index (χ4n) is 3.34. The molecule has 1 fully saturated rings. The Bertz CT molecular complexity index is 1230. The fraction of sp³-hybridized carbons (Fsp3) is 0.250. The minimum Gasteiger partial charge on any atom is -0.293 e. The zero-order chi connectivity index (χ0) is 19.9. The summed E-state index contributed by atoms with van der Waals surface area (Å²) in [4.78, 5) is 17.6. The van der Waals surface area contributed by atoms with Gasteiger partial charge in [0.1, 0.15) is 0 Å². The molecular formula is C20H19N5O2S. The first-order valence-corrected chi connectivity index (χ1v) is 10.6. The Morgan fingerprint density at radius 1 is 1.25 bits per heavy atom. The van der Waals surface area contributed by atoms with Gasteiger partial charge in [0.2, 0.25) is 0 Å². The average Bonchev–Trinajstić information content (AvgIpc) is 2.94. The number of aromatic amines is 1. The van der Waals surface area contributed by atoms with E-state index in [1.165, 1.54) is 10.9 Å². The highest BCUT2D eigenvalue weighted by Gasteiger charge is 2.29. The molecule has 142 valence electrons. The molecule has 2 N–H and O–H groups in total. The van der Waals surface area contributed by atoms with E-state index in [2.05, 4.69) is 16.2 Å². The van der Waals surface area contributed by atoms with E-state index in [9.17, 15) is 9.00 Å². The van der Waals surface area contributed by atoms with Crippen molar-refractivity contribution >= 4 is 9.73 Å². The summed E-state index contributed by atoms with van der Waals surface area (Å²) in [6.07, 6.45) is 4.08. The van der Waals surface area contributed by atoms with Crippen molar-refractivity contribution in [2.45, 2.75) is 36.3 Å². The molecule has 1 aliphatic carbocycles. The zero-order valence-corrected chi connectivity index (χ0v) is 16.1. The summed E-state index contributed by atoms with van der Waals surface area (Å²) >= 11 is 0. The molecule has 0 saturated heterocycles. The van der Waals surface area contributed by atoms with Crippen molar-refractivity contribution < 1.29 is 4.21 Å². The van der Waals surface area contributed by atoms with E-state index in [0.29, 0.717) is 33.1 Å². The summed E-state index contributed by atoms with van der Waals surface area (Å²) in [5.41, 5.74) is 2.17. The van der Waals surface area contributed by atoms with Crippen LogP contribution in [0.15, 0.2) is 52.3 Å². The third kappa shape index (κ3) is 2.94. The topological polar surface area (TPSA) is 115 Å². The first kappa shape index (κ1) is 18.2. The van der Waals surface area contributed by atoms with Gasteiger partial charge in [-0.1, -0.05) is 18.6 Å². The lowest BCUT2D eigenvalue weighted by Crippen LogP contribution is -2.27. The Morgan fingerprint density at radius 2 is 1.96 bits per heavy atom. The van der Waals surface area contributed by atoms with E-state index >= 15 is 0 Å². The molecule has 7 nitrogen and oxygen atoms in total. The van der Waals surface area contributed by atoms with Crippen molar-refractivity contribution in [2.24, 2.45) is 0 Å². The summed E-state index contributed by atoms with van der Waals surface area (Å²) in [5.74, 6) is 0.376. The van der Waals surface area contributed by atoms with Crippen LogP contribution < -0.4 is 5.56 Å². The van der Waals surface area contributed by atoms with Gasteiger partial charge in [0.25, 0.3) is 5.56 Å². The van der Waals surface area contributed by atoms with Crippen LogP contribution in [0.1, 0.15) is 30.5 Å². The molecule has 2 aromatic heterocycles. The molecule has 3 aromatic rings. The lowest BCUT2D eigenvalue weighted by Gasteiger charge is -2.27. The summed E-state index contributed by atoms with van der Waals surface area (Å²) in [6.45, 7) is 1.80. The van der Waals surface area contributed by atoms with Crippen LogP contribution in [0.3, 0.4) is 0 Å². The molecule has 28 heavy (non-hydrogen) atoms. The summed E-state index contributed by atoms with van der Waals surface area (Å²) in [6, 6.07) is 12.1. The summed E-state index contributed by atoms with van der Waals surface area (Å²) < 4.78 is 22.3. The molecule has 4 rings (SSSR count). The highest BCUT2D eigenvalue weighted by atomic mass is 32.2. The van der Waals surface area contributed by atoms with Crippen LogP contribution in [0.4, 0.5) is 0 Å². The van der Waals surface area contributed by atoms with Crippen LogP contribution in [-0.4, -0.2) is 24.2 Å². The average molecular weight is 393 g/mol. The van der Waals surface area contributed by atoms with E-state index in [4.69, 9.17) is 10.0 Å². The number of benzene rings is 1. The Morgan fingerprint density at radius 3 is 2.50 bits per heavy atom. The number of pyridine rings is 1. The van der Waals surface area contributed by atoms with E-state index in [1.54, 1.807) is 43.3 Å². The second-order valence-corrected chi connectivity index (χ2v) is 9.29. The third-order valence-corrected chi connectivity index (χ3v) is 7.55. The molecule has 0 bridgehead atoms. The normalized spacial score (nSPS) is 16.1. The van der Waals surface area contributed by atoms with Gasteiger partial charge < -0.3 is 0 Å². The number of hydrogen-bond acceptors (Lipinski definition) is 5. The number of aromatic nitrogens is 3. The van der Waals surface area contributed by atoms with Crippen molar-refractivity contribution in [1.82, 2.24) is 14.8 Å². The number of hydrogen-bond donors (Lipinski definition) is 2. The van der Waals surface area contributed by atoms with Crippen molar-refractivity contribution in [1.29, 1.82) is 10.0 Å². The van der Waals surface area contributed by atoms with Crippen LogP contribution in [0.5, 0.6) is 0 Å². The first-order chi connectivity index (χ1) is 13.4. The second kappa shape index (κ2) is 6.77. The molecule has 1 saturated carbocycles. The van der Waals surface area contributed by atoms with Crippen LogP contribution in [0.2, 0.25) is 0 Å². The lowest BCUT2D eigenvalue weighted by molar-refractivity contribution is 0.499. The van der Waals surface area contributed by atoms with Crippen LogP contribution in [0.25, 0.3) is 16.9 Å². The van der Waals surface area contributed by atoms with E-state index in [-0.39, 0.29) is 10.8 Å². The highest BCUT2D eigenvalue weighted by Crippen LogP contribution is 2.31. The standard InChI is InChI=1S/C20H19N5O2S/c1-13-19(15-7-5-14(11-21)6-8-15)20(26)25(24-13)18-10-9-17(12-23-18)28(22,27)16-3-2-4-16/h5-10,12,16,22,24H,2-4H2,1H3. The van der Waals surface area contributed by atoms with Gasteiger partial charge in [-0.15, -0.1) is 0 Å². The largest absolute Gasteiger partial charge is 0.293 e. The molecule has 8 heteroatoms. The molecule has 1 atom stereocenters. The van der Waals surface area contributed by atoms with Crippen LogP contribution in [-0.2, 0) is 9.73 Å². The quantitative estimate of drug-likeness (QED) is 0.707. The number of aryl methyl sites for hydroxylation is 1. The smallest absolute Gasteiger partial charge is 0.280 e. The maximum atomic E-state index is 12.9. The van der Waals surface area contributed by atoms with Gasteiger partial charge in [-0.05, 0) is 49.6 Å². The number of H-pyrrole nitrogens is 1. The highest BCUT2D eigenvalue weighted by molar-refractivity contribution is 7.93. The van der Waals surface area contributed by atoms with Gasteiger partial charge in [-0.3, -0.25) is 9.89 Å². The predicted octanol–water partition coefficient (Wildman–Crippen LogP) is 3.37. The third-order valence-electron chi connectivity index (χ3n) is 5.20. The Labute approximate surface area is 162 Å². The molecule has 0 radical (unpaired) electrons. The van der Waals surface area contributed by atoms with Crippen molar-refractivity contribution in [3.05, 3.63) is 64.2 Å². The summed E-state index contributed by atoms with van der Waals surface area (Å²) in [5, 5.41) is 11.8. The SMILES string of the molecule is Cc1[nH]n(-c2ccc(S(=N)(=O)C3CCC3)cn2)c(=O)c1-c1ccc(C#N)cc1. The van der Waals surface area contributed by atoms with Gasteiger partial charge in [-0.25, -0.2) is 18.7 Å². The van der Waals surface area contributed by atoms with E-state index in [1.807, 2.05) is 0 Å². The van der Waals surface area contributed by atoms with Gasteiger partial charge in [0.05, 0.1) is 31.8 Å². The maximum absolute atomic E-state index is 12.9. The van der Waals surface area contributed by atoms with E-state index in [0.717, 1.165) is 19.3 Å². The molecule has 0 amide bonds. The molecule has 0 spiro atoms. The number of nitriles is 1. The minimum atomic E-state index is -2.85.